The van der Waals surface area contributed by atoms with Crippen LogP contribution in [0.3, 0.4) is 0 Å². The fraction of sp³-hybridized carbons (Fsp3) is 0.500. The Kier molecular flexibility index (Phi) is 6.25. The second-order valence-corrected chi connectivity index (χ2v) is 8.31. The number of ether oxygens (including phenoxy) is 4. The number of aliphatic hydroxyl groups excluding tert-OH is 2. The van der Waals surface area contributed by atoms with Crippen LogP contribution in [0.15, 0.2) is 36.4 Å². The first-order valence-corrected chi connectivity index (χ1v) is 10.4. The molecule has 0 radical (unpaired) electrons. The first-order valence-electron chi connectivity index (χ1n) is 10.4. The van der Waals surface area contributed by atoms with Crippen molar-refractivity contribution in [2.75, 3.05) is 13.2 Å². The van der Waals surface area contributed by atoms with Gasteiger partial charge in [-0.3, -0.25) is 0 Å². The SMILES string of the molecule is Cc1ccc([C@H]2OC[C@H]3O[C@@H](c4ccc(C)c(C)c4)O[C@@H]([C@@H](O)CO)[C@H]3O2)cc1C. The van der Waals surface area contributed by atoms with E-state index in [4.69, 9.17) is 18.9 Å². The summed E-state index contributed by atoms with van der Waals surface area (Å²) in [5.74, 6) is 0. The van der Waals surface area contributed by atoms with E-state index in [1.165, 1.54) is 11.1 Å². The number of fused-ring (bicyclic) bond motifs is 1. The molecule has 2 fully saturated rings. The van der Waals surface area contributed by atoms with E-state index in [-0.39, 0.29) is 0 Å². The molecule has 2 heterocycles. The lowest BCUT2D eigenvalue weighted by Crippen LogP contribution is -2.58. The van der Waals surface area contributed by atoms with Crippen LogP contribution < -0.4 is 0 Å². The molecule has 2 aliphatic rings. The molecule has 0 saturated carbocycles. The average Bonchev–Trinajstić information content (AvgIpc) is 2.75. The maximum atomic E-state index is 10.5. The van der Waals surface area contributed by atoms with Crippen LogP contribution >= 0.6 is 0 Å². The van der Waals surface area contributed by atoms with Crippen LogP contribution in [0.5, 0.6) is 0 Å². The van der Waals surface area contributed by atoms with Crippen molar-refractivity contribution in [2.45, 2.75) is 64.7 Å². The minimum absolute atomic E-state index is 0.307. The standard InChI is InChI=1S/C24H30O6/c1-13-5-7-17(9-15(13)3)23-27-12-20-22(30-23)21(19(26)11-25)29-24(28-20)18-8-6-14(2)16(4)10-18/h5-10,19-26H,11-12H2,1-4H3/t19-,20+,21-,22-,23-,24+/m0/s1. The van der Waals surface area contributed by atoms with Crippen molar-refractivity contribution >= 4 is 0 Å². The average molecular weight is 414 g/mol. The van der Waals surface area contributed by atoms with Crippen molar-refractivity contribution < 1.29 is 29.2 Å². The molecule has 0 bridgehead atoms. The predicted octanol–water partition coefficient (Wildman–Crippen LogP) is 3.17. The molecule has 0 aliphatic carbocycles. The summed E-state index contributed by atoms with van der Waals surface area (Å²) in [4.78, 5) is 0. The predicted molar refractivity (Wildman–Crippen MR) is 111 cm³/mol. The Morgan fingerprint density at radius 3 is 2.00 bits per heavy atom. The molecule has 2 aliphatic heterocycles. The Labute approximate surface area is 177 Å². The number of hydrogen-bond donors (Lipinski definition) is 2. The fourth-order valence-electron chi connectivity index (χ4n) is 3.93. The fourth-order valence-corrected chi connectivity index (χ4v) is 3.93. The van der Waals surface area contributed by atoms with Gasteiger partial charge in [-0.2, -0.15) is 0 Å². The summed E-state index contributed by atoms with van der Waals surface area (Å²) >= 11 is 0. The third-order valence-corrected chi connectivity index (χ3v) is 6.13. The Balaban J connectivity index is 1.57. The van der Waals surface area contributed by atoms with E-state index in [2.05, 4.69) is 6.92 Å². The van der Waals surface area contributed by atoms with E-state index < -0.39 is 43.6 Å². The van der Waals surface area contributed by atoms with Crippen molar-refractivity contribution in [1.29, 1.82) is 0 Å². The third-order valence-electron chi connectivity index (χ3n) is 6.13. The Bertz CT molecular complexity index is 895. The minimum Gasteiger partial charge on any atom is -0.394 e. The Morgan fingerprint density at radius 1 is 0.833 bits per heavy atom. The van der Waals surface area contributed by atoms with Gasteiger partial charge >= 0.3 is 0 Å². The maximum Gasteiger partial charge on any atom is 0.184 e. The summed E-state index contributed by atoms with van der Waals surface area (Å²) in [6, 6.07) is 12.1. The van der Waals surface area contributed by atoms with Gasteiger partial charge in [0.05, 0.1) is 13.2 Å². The van der Waals surface area contributed by atoms with Crippen LogP contribution in [-0.4, -0.2) is 47.8 Å². The maximum absolute atomic E-state index is 10.5. The first-order chi connectivity index (χ1) is 14.4. The topological polar surface area (TPSA) is 77.4 Å². The molecule has 6 heteroatoms. The van der Waals surface area contributed by atoms with Crippen molar-refractivity contribution in [1.82, 2.24) is 0 Å². The zero-order chi connectivity index (χ0) is 21.4. The first kappa shape index (κ1) is 21.4. The van der Waals surface area contributed by atoms with Crippen LogP contribution in [0.1, 0.15) is 46.0 Å². The summed E-state index contributed by atoms with van der Waals surface area (Å²) in [6.45, 7) is 8.07. The normalized spacial score (nSPS) is 30.0. The Hall–Kier alpha value is -1.80. The summed E-state index contributed by atoms with van der Waals surface area (Å²) in [6.07, 6.45) is -4.05. The lowest BCUT2D eigenvalue weighted by molar-refractivity contribution is -0.373. The van der Waals surface area contributed by atoms with Gasteiger partial charge in [-0.1, -0.05) is 36.4 Å². The summed E-state index contributed by atoms with van der Waals surface area (Å²) < 4.78 is 24.4. The summed E-state index contributed by atoms with van der Waals surface area (Å²) in [5, 5.41) is 20.1. The quantitative estimate of drug-likeness (QED) is 0.800. The summed E-state index contributed by atoms with van der Waals surface area (Å²) in [7, 11) is 0. The van der Waals surface area contributed by atoms with Crippen LogP contribution in [0, 0.1) is 27.7 Å². The molecule has 2 N–H and O–H groups in total. The van der Waals surface area contributed by atoms with Gasteiger partial charge in [-0.15, -0.1) is 0 Å². The van der Waals surface area contributed by atoms with E-state index in [1.807, 2.05) is 57.2 Å². The highest BCUT2D eigenvalue weighted by molar-refractivity contribution is 5.32. The van der Waals surface area contributed by atoms with E-state index in [9.17, 15) is 10.2 Å². The van der Waals surface area contributed by atoms with Crippen molar-refractivity contribution in [3.63, 3.8) is 0 Å². The van der Waals surface area contributed by atoms with Crippen LogP contribution in [-0.2, 0) is 18.9 Å². The molecule has 30 heavy (non-hydrogen) atoms. The number of aliphatic hydroxyl groups is 2. The lowest BCUT2D eigenvalue weighted by Gasteiger charge is -2.47. The van der Waals surface area contributed by atoms with Gasteiger partial charge in [0, 0.05) is 11.1 Å². The van der Waals surface area contributed by atoms with Gasteiger partial charge in [-0.25, -0.2) is 0 Å². The molecule has 0 unspecified atom stereocenters. The van der Waals surface area contributed by atoms with Gasteiger partial charge in [0.15, 0.2) is 12.6 Å². The molecule has 0 spiro atoms. The van der Waals surface area contributed by atoms with Gasteiger partial charge < -0.3 is 29.2 Å². The number of rotatable bonds is 4. The molecule has 0 aromatic heterocycles. The number of benzene rings is 2. The van der Waals surface area contributed by atoms with Crippen LogP contribution in [0.4, 0.5) is 0 Å². The monoisotopic (exact) mass is 414 g/mol. The lowest BCUT2D eigenvalue weighted by atomic mass is 9.98. The molecule has 2 aromatic rings. The van der Waals surface area contributed by atoms with E-state index in [1.54, 1.807) is 0 Å². The Morgan fingerprint density at radius 2 is 1.43 bits per heavy atom. The largest absolute Gasteiger partial charge is 0.394 e. The molecule has 162 valence electrons. The van der Waals surface area contributed by atoms with Gasteiger partial charge in [-0.05, 0) is 49.9 Å². The molecule has 2 saturated heterocycles. The molecule has 4 rings (SSSR count). The highest BCUT2D eigenvalue weighted by atomic mass is 16.8. The van der Waals surface area contributed by atoms with Crippen LogP contribution in [0.25, 0.3) is 0 Å². The third kappa shape index (κ3) is 4.17. The van der Waals surface area contributed by atoms with E-state index >= 15 is 0 Å². The molecule has 0 amide bonds. The number of aryl methyl sites for hydroxylation is 4. The molecule has 6 nitrogen and oxygen atoms in total. The number of hydrogen-bond acceptors (Lipinski definition) is 6. The highest BCUT2D eigenvalue weighted by Gasteiger charge is 2.48. The van der Waals surface area contributed by atoms with E-state index in [0.717, 1.165) is 22.3 Å². The van der Waals surface area contributed by atoms with Crippen LogP contribution in [0.2, 0.25) is 0 Å². The van der Waals surface area contributed by atoms with Crippen molar-refractivity contribution in [2.24, 2.45) is 0 Å². The second-order valence-electron chi connectivity index (χ2n) is 8.31. The minimum atomic E-state index is -1.09. The van der Waals surface area contributed by atoms with E-state index in [0.29, 0.717) is 6.61 Å². The zero-order valence-corrected chi connectivity index (χ0v) is 17.9. The molecular formula is C24H30O6. The molecule has 6 atom stereocenters. The van der Waals surface area contributed by atoms with Gasteiger partial charge in [0.25, 0.3) is 0 Å². The smallest absolute Gasteiger partial charge is 0.184 e. The molecule has 2 aromatic carbocycles. The van der Waals surface area contributed by atoms with Gasteiger partial charge in [0.2, 0.25) is 0 Å². The highest BCUT2D eigenvalue weighted by Crippen LogP contribution is 2.39. The zero-order valence-electron chi connectivity index (χ0n) is 17.9. The second kappa shape index (κ2) is 8.75. The van der Waals surface area contributed by atoms with Gasteiger partial charge in [0.1, 0.15) is 24.4 Å². The van der Waals surface area contributed by atoms with Crippen molar-refractivity contribution in [3.8, 4) is 0 Å². The molecular weight excluding hydrogens is 384 g/mol. The van der Waals surface area contributed by atoms with Crippen molar-refractivity contribution in [3.05, 3.63) is 69.8 Å². The summed E-state index contributed by atoms with van der Waals surface area (Å²) in [5.41, 5.74) is 6.43.